The second-order valence-corrected chi connectivity index (χ2v) is 12.7. The molecule has 3 aromatic carbocycles. The summed E-state index contributed by atoms with van der Waals surface area (Å²) in [5, 5.41) is 5.07. The van der Waals surface area contributed by atoms with Crippen LogP contribution in [0.25, 0.3) is 66.3 Å². The van der Waals surface area contributed by atoms with Gasteiger partial charge in [-0.15, -0.1) is 0 Å². The third kappa shape index (κ3) is 4.18. The largest absolute Gasteiger partial charge is 0.457 e. The zero-order chi connectivity index (χ0) is 31.8. The summed E-state index contributed by atoms with van der Waals surface area (Å²) in [7, 11) is 0. The lowest BCUT2D eigenvalue weighted by molar-refractivity contribution is 0.484. The lowest BCUT2D eigenvalue weighted by Gasteiger charge is -2.20. The number of hydrogen-bond donors (Lipinski definition) is 0. The molecule has 0 fully saturated rings. The van der Waals surface area contributed by atoms with Crippen molar-refractivity contribution in [2.45, 2.75) is 39.5 Å². The SMILES string of the molecule is CC(C)c1cccc(C(C)C)c1-c1ccc2c3ccc(Oc4ccc5c(c4)c4nccn4c4nccnc54)cc3c3nccn3c2n1. The highest BCUT2D eigenvalue weighted by Gasteiger charge is 2.19. The highest BCUT2D eigenvalue weighted by atomic mass is 16.5. The fourth-order valence-corrected chi connectivity index (χ4v) is 6.99. The highest BCUT2D eigenvalue weighted by Crippen LogP contribution is 2.39. The van der Waals surface area contributed by atoms with Crippen molar-refractivity contribution in [3.05, 3.63) is 115 Å². The Morgan fingerprint density at radius 3 is 1.79 bits per heavy atom. The van der Waals surface area contributed by atoms with Gasteiger partial charge in [0.25, 0.3) is 0 Å². The molecule has 0 saturated carbocycles. The summed E-state index contributed by atoms with van der Waals surface area (Å²) in [6.45, 7) is 8.99. The van der Waals surface area contributed by atoms with Gasteiger partial charge in [0.1, 0.15) is 34.0 Å². The Balaban J connectivity index is 1.18. The molecule has 0 aliphatic heterocycles. The van der Waals surface area contributed by atoms with Crippen molar-refractivity contribution in [1.29, 1.82) is 0 Å². The molecule has 8 nitrogen and oxygen atoms in total. The summed E-state index contributed by atoms with van der Waals surface area (Å²) >= 11 is 0. The summed E-state index contributed by atoms with van der Waals surface area (Å²) in [6, 6.07) is 23.2. The minimum absolute atomic E-state index is 0.380. The Morgan fingerprint density at radius 2 is 1.11 bits per heavy atom. The summed E-state index contributed by atoms with van der Waals surface area (Å²) in [6.07, 6.45) is 10.9. The highest BCUT2D eigenvalue weighted by molar-refractivity contribution is 6.12. The first-order valence-corrected chi connectivity index (χ1v) is 16.0. The number of pyridine rings is 3. The van der Waals surface area contributed by atoms with Crippen LogP contribution in [0.1, 0.15) is 50.7 Å². The van der Waals surface area contributed by atoms with E-state index in [0.717, 1.165) is 66.5 Å². The van der Waals surface area contributed by atoms with Gasteiger partial charge in [-0.3, -0.25) is 13.8 Å². The third-order valence-electron chi connectivity index (χ3n) is 9.17. The number of aromatic nitrogens is 7. The van der Waals surface area contributed by atoms with Gasteiger partial charge in [0.05, 0.1) is 5.69 Å². The second-order valence-electron chi connectivity index (χ2n) is 12.7. The smallest absolute Gasteiger partial charge is 0.165 e. The van der Waals surface area contributed by atoms with Gasteiger partial charge in [0.2, 0.25) is 0 Å². The van der Waals surface area contributed by atoms with Crippen LogP contribution in [0.4, 0.5) is 0 Å². The molecular formula is C39H31N7O. The molecule has 0 unspecified atom stereocenters. The molecule has 8 heteroatoms. The van der Waals surface area contributed by atoms with E-state index in [1.807, 2.05) is 47.3 Å². The molecule has 6 aromatic heterocycles. The van der Waals surface area contributed by atoms with Gasteiger partial charge in [0, 0.05) is 64.3 Å². The number of fused-ring (bicyclic) bond motifs is 12. The van der Waals surface area contributed by atoms with Crippen molar-refractivity contribution >= 4 is 55.0 Å². The molecule has 0 N–H and O–H groups in total. The zero-order valence-corrected chi connectivity index (χ0v) is 26.5. The fraction of sp³-hybridized carbons (Fsp3) is 0.154. The molecule has 9 rings (SSSR count). The first-order valence-electron chi connectivity index (χ1n) is 16.0. The summed E-state index contributed by atoms with van der Waals surface area (Å²) < 4.78 is 10.6. The molecule has 9 aromatic rings. The van der Waals surface area contributed by atoms with Crippen LogP contribution >= 0.6 is 0 Å². The lowest BCUT2D eigenvalue weighted by atomic mass is 9.87. The average Bonchev–Trinajstić information content (AvgIpc) is 3.79. The average molecular weight is 614 g/mol. The quantitative estimate of drug-likeness (QED) is 0.180. The Bertz CT molecular complexity index is 2660. The molecule has 0 radical (unpaired) electrons. The molecule has 0 atom stereocenters. The van der Waals surface area contributed by atoms with E-state index in [4.69, 9.17) is 14.7 Å². The Hall–Kier alpha value is -5.89. The number of ether oxygens (including phenoxy) is 1. The van der Waals surface area contributed by atoms with E-state index < -0.39 is 0 Å². The Morgan fingerprint density at radius 1 is 0.532 bits per heavy atom. The number of imidazole rings is 2. The maximum absolute atomic E-state index is 6.49. The Labute approximate surface area is 270 Å². The molecule has 0 aliphatic rings. The summed E-state index contributed by atoms with van der Waals surface area (Å²) in [5.41, 5.74) is 8.99. The van der Waals surface area contributed by atoms with Crippen LogP contribution in [-0.4, -0.2) is 33.7 Å². The van der Waals surface area contributed by atoms with Gasteiger partial charge in [-0.25, -0.2) is 19.9 Å². The van der Waals surface area contributed by atoms with Crippen molar-refractivity contribution in [2.24, 2.45) is 0 Å². The van der Waals surface area contributed by atoms with Crippen molar-refractivity contribution in [2.75, 3.05) is 0 Å². The van der Waals surface area contributed by atoms with Gasteiger partial charge in [0.15, 0.2) is 5.65 Å². The maximum atomic E-state index is 6.49. The van der Waals surface area contributed by atoms with Crippen LogP contribution in [0.5, 0.6) is 11.5 Å². The molecule has 0 aliphatic carbocycles. The first-order chi connectivity index (χ1) is 23.0. The van der Waals surface area contributed by atoms with Gasteiger partial charge >= 0.3 is 0 Å². The minimum Gasteiger partial charge on any atom is -0.457 e. The van der Waals surface area contributed by atoms with E-state index in [1.54, 1.807) is 18.6 Å². The van der Waals surface area contributed by atoms with E-state index in [2.05, 4.69) is 89.5 Å². The molecule has 0 saturated heterocycles. The zero-order valence-electron chi connectivity index (χ0n) is 26.5. The van der Waals surface area contributed by atoms with Crippen LogP contribution in [0.2, 0.25) is 0 Å². The van der Waals surface area contributed by atoms with Gasteiger partial charge in [-0.2, -0.15) is 0 Å². The molecular weight excluding hydrogens is 582 g/mol. The normalized spacial score (nSPS) is 12.2. The molecule has 0 amide bonds. The van der Waals surface area contributed by atoms with E-state index in [1.165, 1.54) is 16.7 Å². The Kier molecular flexibility index (Phi) is 6.02. The standard InChI is InChI=1S/C39H31N7O/c1-22(2)26-6-5-7-27(23(3)4)34(26)33-13-12-30-28-10-8-24(20-31(28)36-42-16-18-45(36)38(30)44-33)47-25-9-11-29-32(21-25)37-43-17-19-46(37)39-35(29)40-14-15-41-39/h5-23H,1-4H3. The molecule has 47 heavy (non-hydrogen) atoms. The number of hydrogen-bond acceptors (Lipinski definition) is 6. The number of nitrogens with zero attached hydrogens (tertiary/aromatic N) is 7. The predicted molar refractivity (Wildman–Crippen MR) is 187 cm³/mol. The molecule has 228 valence electrons. The fourth-order valence-electron chi connectivity index (χ4n) is 6.99. The predicted octanol–water partition coefficient (Wildman–Crippen LogP) is 9.49. The lowest BCUT2D eigenvalue weighted by Crippen LogP contribution is -2.02. The van der Waals surface area contributed by atoms with Crippen LogP contribution < -0.4 is 4.74 Å². The number of benzene rings is 3. The van der Waals surface area contributed by atoms with Crippen LogP contribution in [-0.2, 0) is 0 Å². The summed E-state index contributed by atoms with van der Waals surface area (Å²) in [5.74, 6) is 2.19. The molecule has 6 heterocycles. The van der Waals surface area contributed by atoms with Gasteiger partial charge < -0.3 is 4.74 Å². The van der Waals surface area contributed by atoms with Gasteiger partial charge in [-0.1, -0.05) is 45.9 Å². The van der Waals surface area contributed by atoms with Crippen molar-refractivity contribution in [1.82, 2.24) is 33.7 Å². The van der Waals surface area contributed by atoms with Crippen molar-refractivity contribution in [3.8, 4) is 22.8 Å². The number of rotatable bonds is 5. The monoisotopic (exact) mass is 613 g/mol. The van der Waals surface area contributed by atoms with E-state index in [0.29, 0.717) is 17.6 Å². The first kappa shape index (κ1) is 27.4. The summed E-state index contributed by atoms with van der Waals surface area (Å²) in [4.78, 5) is 23.9. The van der Waals surface area contributed by atoms with E-state index in [-0.39, 0.29) is 0 Å². The van der Waals surface area contributed by atoms with Crippen LogP contribution in [0.3, 0.4) is 0 Å². The molecule has 0 bridgehead atoms. The molecule has 0 spiro atoms. The topological polar surface area (TPSA) is 82.5 Å². The van der Waals surface area contributed by atoms with Gasteiger partial charge in [-0.05, 0) is 76.9 Å². The second kappa shape index (κ2) is 10.3. The maximum Gasteiger partial charge on any atom is 0.165 e. The minimum atomic E-state index is 0.380. The van der Waals surface area contributed by atoms with Crippen LogP contribution in [0, 0.1) is 0 Å². The third-order valence-corrected chi connectivity index (χ3v) is 9.17. The van der Waals surface area contributed by atoms with E-state index in [9.17, 15) is 0 Å². The van der Waals surface area contributed by atoms with E-state index >= 15 is 0 Å². The van der Waals surface area contributed by atoms with Crippen molar-refractivity contribution < 1.29 is 4.74 Å². The van der Waals surface area contributed by atoms with Crippen LogP contribution in [0.15, 0.2) is 104 Å². The van der Waals surface area contributed by atoms with Crippen molar-refractivity contribution in [3.63, 3.8) is 0 Å².